The number of amides is 1. The molecule has 0 unspecified atom stereocenters. The van der Waals surface area contributed by atoms with E-state index in [-0.39, 0.29) is 11.7 Å². The molecule has 0 atom stereocenters. The second-order valence-corrected chi connectivity index (χ2v) is 6.40. The van der Waals surface area contributed by atoms with Crippen molar-refractivity contribution in [3.05, 3.63) is 71.8 Å². The molecular weight excluding hydrogens is 342 g/mol. The van der Waals surface area contributed by atoms with Gasteiger partial charge in [-0.15, -0.1) is 10.2 Å². The van der Waals surface area contributed by atoms with Gasteiger partial charge in [-0.2, -0.15) is 0 Å². The zero-order valence-corrected chi connectivity index (χ0v) is 14.2. The van der Waals surface area contributed by atoms with Gasteiger partial charge in [0.05, 0.1) is 11.4 Å². The Labute approximate surface area is 149 Å². The maximum absolute atomic E-state index is 12.0. The predicted molar refractivity (Wildman–Crippen MR) is 98.3 cm³/mol. The first kappa shape index (κ1) is 16.5. The Hall–Kier alpha value is -2.37. The van der Waals surface area contributed by atoms with Crippen LogP contribution in [0.4, 0.5) is 5.69 Å². The van der Waals surface area contributed by atoms with E-state index in [9.17, 15) is 4.79 Å². The monoisotopic (exact) mass is 355 g/mol. The van der Waals surface area contributed by atoms with Gasteiger partial charge in [0.25, 0.3) is 0 Å². The predicted octanol–water partition coefficient (Wildman–Crippen LogP) is 4.53. The molecule has 0 saturated heterocycles. The van der Waals surface area contributed by atoms with Crippen LogP contribution in [-0.2, 0) is 4.79 Å². The molecule has 0 bridgehead atoms. The van der Waals surface area contributed by atoms with Crippen LogP contribution in [-0.4, -0.2) is 21.9 Å². The molecule has 0 fully saturated rings. The van der Waals surface area contributed by atoms with Crippen molar-refractivity contribution < 1.29 is 4.79 Å². The number of halogens is 1. The largest absolute Gasteiger partial charge is 0.325 e. The molecule has 0 aliphatic carbocycles. The number of nitrogens with zero attached hydrogens (tertiary/aromatic N) is 2. The lowest BCUT2D eigenvalue weighted by Gasteiger charge is -2.05. The van der Waals surface area contributed by atoms with E-state index in [1.54, 1.807) is 24.3 Å². The molecule has 4 nitrogen and oxygen atoms in total. The number of hydrogen-bond donors (Lipinski definition) is 1. The number of hydrogen-bond acceptors (Lipinski definition) is 4. The number of anilines is 1. The molecule has 0 saturated carbocycles. The van der Waals surface area contributed by atoms with E-state index in [1.807, 2.05) is 42.5 Å². The number of carbonyl (C=O) groups excluding carboxylic acids is 1. The Bertz CT molecular complexity index is 825. The third-order valence-electron chi connectivity index (χ3n) is 3.17. The van der Waals surface area contributed by atoms with Crippen LogP contribution in [0.3, 0.4) is 0 Å². The minimum absolute atomic E-state index is 0.115. The molecule has 6 heteroatoms. The maximum Gasteiger partial charge on any atom is 0.234 e. The Balaban J connectivity index is 1.56. The normalized spacial score (nSPS) is 10.4. The molecule has 3 rings (SSSR count). The van der Waals surface area contributed by atoms with E-state index in [1.165, 1.54) is 11.8 Å². The summed E-state index contributed by atoms with van der Waals surface area (Å²) in [6, 6.07) is 20.7. The first-order chi connectivity index (χ1) is 11.7. The van der Waals surface area contributed by atoms with Crippen LogP contribution >= 0.6 is 23.4 Å². The fourth-order valence-corrected chi connectivity index (χ4v) is 2.87. The standard InChI is InChI=1S/C18H14ClN3OS/c19-14-7-4-8-15(11-14)20-17(23)12-24-18-10-9-16(21-22-18)13-5-2-1-3-6-13/h1-11H,12H2,(H,20,23). The molecule has 1 heterocycles. The molecule has 1 amide bonds. The number of nitrogens with one attached hydrogen (secondary N) is 1. The van der Waals surface area contributed by atoms with Gasteiger partial charge in [0.1, 0.15) is 5.03 Å². The summed E-state index contributed by atoms with van der Waals surface area (Å²) in [5, 5.41) is 12.5. The van der Waals surface area contributed by atoms with E-state index >= 15 is 0 Å². The third kappa shape index (κ3) is 4.57. The van der Waals surface area contributed by atoms with Crippen molar-refractivity contribution in [2.45, 2.75) is 5.03 Å². The summed E-state index contributed by atoms with van der Waals surface area (Å²) in [6.07, 6.45) is 0. The van der Waals surface area contributed by atoms with Crippen LogP contribution in [0.5, 0.6) is 0 Å². The zero-order valence-electron chi connectivity index (χ0n) is 12.6. The molecule has 0 spiro atoms. The van der Waals surface area contributed by atoms with Crippen LogP contribution in [0.2, 0.25) is 5.02 Å². The van der Waals surface area contributed by atoms with Gasteiger partial charge in [0.15, 0.2) is 0 Å². The summed E-state index contributed by atoms with van der Waals surface area (Å²) in [4.78, 5) is 12.0. The Morgan fingerprint density at radius 1 is 1.00 bits per heavy atom. The van der Waals surface area contributed by atoms with Crippen molar-refractivity contribution in [2.24, 2.45) is 0 Å². The number of aromatic nitrogens is 2. The van der Waals surface area contributed by atoms with E-state index in [2.05, 4.69) is 15.5 Å². The van der Waals surface area contributed by atoms with Crippen molar-refractivity contribution in [3.63, 3.8) is 0 Å². The lowest BCUT2D eigenvalue weighted by Crippen LogP contribution is -2.14. The fraction of sp³-hybridized carbons (Fsp3) is 0.0556. The lowest BCUT2D eigenvalue weighted by atomic mass is 10.1. The Morgan fingerprint density at radius 3 is 2.54 bits per heavy atom. The summed E-state index contributed by atoms with van der Waals surface area (Å²) in [7, 11) is 0. The number of thioether (sulfide) groups is 1. The summed E-state index contributed by atoms with van der Waals surface area (Å²) in [5.74, 6) is 0.141. The van der Waals surface area contributed by atoms with Crippen molar-refractivity contribution in [3.8, 4) is 11.3 Å². The van der Waals surface area contributed by atoms with Crippen LogP contribution in [0, 0.1) is 0 Å². The fourth-order valence-electron chi connectivity index (χ4n) is 2.06. The van der Waals surface area contributed by atoms with Gasteiger partial charge >= 0.3 is 0 Å². The summed E-state index contributed by atoms with van der Waals surface area (Å²) >= 11 is 7.23. The molecular formula is C18H14ClN3OS. The highest BCUT2D eigenvalue weighted by molar-refractivity contribution is 7.99. The zero-order chi connectivity index (χ0) is 16.8. The topological polar surface area (TPSA) is 54.9 Å². The van der Waals surface area contributed by atoms with E-state index in [4.69, 9.17) is 11.6 Å². The summed E-state index contributed by atoms with van der Waals surface area (Å²) in [5.41, 5.74) is 2.50. The van der Waals surface area contributed by atoms with Crippen LogP contribution < -0.4 is 5.32 Å². The Kier molecular flexibility index (Phi) is 5.46. The highest BCUT2D eigenvalue weighted by Crippen LogP contribution is 2.20. The van der Waals surface area contributed by atoms with Gasteiger partial charge in [0, 0.05) is 16.3 Å². The quantitative estimate of drug-likeness (QED) is 0.683. The van der Waals surface area contributed by atoms with Crippen molar-refractivity contribution in [2.75, 3.05) is 11.1 Å². The minimum Gasteiger partial charge on any atom is -0.325 e. The van der Waals surface area contributed by atoms with Gasteiger partial charge in [-0.1, -0.05) is 59.8 Å². The summed E-state index contributed by atoms with van der Waals surface area (Å²) < 4.78 is 0. The molecule has 0 radical (unpaired) electrons. The van der Waals surface area contributed by atoms with Gasteiger partial charge in [-0.25, -0.2) is 0 Å². The van der Waals surface area contributed by atoms with E-state index in [0.717, 1.165) is 11.3 Å². The van der Waals surface area contributed by atoms with Gasteiger partial charge in [-0.3, -0.25) is 4.79 Å². The van der Waals surface area contributed by atoms with Gasteiger partial charge < -0.3 is 5.32 Å². The molecule has 24 heavy (non-hydrogen) atoms. The highest BCUT2D eigenvalue weighted by Gasteiger charge is 2.06. The molecule has 1 aromatic heterocycles. The smallest absolute Gasteiger partial charge is 0.234 e. The SMILES string of the molecule is O=C(CSc1ccc(-c2ccccc2)nn1)Nc1cccc(Cl)c1. The first-order valence-corrected chi connectivity index (χ1v) is 8.64. The average Bonchev–Trinajstić information content (AvgIpc) is 2.61. The molecule has 0 aliphatic rings. The average molecular weight is 356 g/mol. The van der Waals surface area contributed by atoms with Gasteiger partial charge in [0.2, 0.25) is 5.91 Å². The molecule has 120 valence electrons. The molecule has 3 aromatic rings. The van der Waals surface area contributed by atoms with Gasteiger partial charge in [-0.05, 0) is 30.3 Å². The van der Waals surface area contributed by atoms with E-state index in [0.29, 0.717) is 15.7 Å². The number of carbonyl (C=O) groups is 1. The van der Waals surface area contributed by atoms with E-state index < -0.39 is 0 Å². The highest BCUT2D eigenvalue weighted by atomic mass is 35.5. The number of benzene rings is 2. The maximum atomic E-state index is 12.0. The second kappa shape index (κ2) is 7.95. The van der Waals surface area contributed by atoms with Crippen LogP contribution in [0.1, 0.15) is 0 Å². The second-order valence-electron chi connectivity index (χ2n) is 4.97. The third-order valence-corrected chi connectivity index (χ3v) is 4.32. The van der Waals surface area contributed by atoms with Crippen molar-refractivity contribution in [1.29, 1.82) is 0 Å². The Morgan fingerprint density at radius 2 is 1.83 bits per heavy atom. The molecule has 1 N–H and O–H groups in total. The van der Waals surface area contributed by atoms with Crippen LogP contribution in [0.15, 0.2) is 71.8 Å². The van der Waals surface area contributed by atoms with Crippen molar-refractivity contribution >= 4 is 35.0 Å². The first-order valence-electron chi connectivity index (χ1n) is 7.28. The number of rotatable bonds is 5. The molecule has 0 aliphatic heterocycles. The van der Waals surface area contributed by atoms with Crippen LogP contribution in [0.25, 0.3) is 11.3 Å². The van der Waals surface area contributed by atoms with Crippen molar-refractivity contribution in [1.82, 2.24) is 10.2 Å². The minimum atomic E-state index is -0.115. The molecule has 2 aromatic carbocycles. The summed E-state index contributed by atoms with van der Waals surface area (Å²) in [6.45, 7) is 0. The lowest BCUT2D eigenvalue weighted by molar-refractivity contribution is -0.113.